The van der Waals surface area contributed by atoms with Crippen LogP contribution in [0.5, 0.6) is 0 Å². The van der Waals surface area contributed by atoms with Gasteiger partial charge in [0.15, 0.2) is 11.8 Å². The molecule has 7 nitrogen and oxygen atoms in total. The van der Waals surface area contributed by atoms with E-state index in [-0.39, 0.29) is 17.7 Å². The first kappa shape index (κ1) is 11.1. The number of nitrogen functional groups attached to an aromatic ring is 2. The van der Waals surface area contributed by atoms with Crippen LogP contribution < -0.4 is 11.5 Å². The van der Waals surface area contributed by atoms with Crippen molar-refractivity contribution in [2.45, 2.75) is 13.0 Å². The van der Waals surface area contributed by atoms with Crippen molar-refractivity contribution in [1.82, 2.24) is 19.7 Å². The molecule has 0 fully saturated rings. The van der Waals surface area contributed by atoms with Gasteiger partial charge >= 0.3 is 0 Å². The highest BCUT2D eigenvalue weighted by molar-refractivity contribution is 5.83. The molecule has 0 radical (unpaired) electrons. The van der Waals surface area contributed by atoms with Gasteiger partial charge in [0.2, 0.25) is 11.9 Å². The number of Topliss-reactive ketones (excluding diaryl/α,β-unsaturated/α-hetero) is 1. The number of nitrogens with zero attached hydrogens (tertiary/aromatic N) is 4. The summed E-state index contributed by atoms with van der Waals surface area (Å²) in [4.78, 5) is 19.6. The summed E-state index contributed by atoms with van der Waals surface area (Å²) < 4.78 is 1.28. The van der Waals surface area contributed by atoms with Gasteiger partial charge in [0.05, 0.1) is 5.69 Å². The summed E-state index contributed by atoms with van der Waals surface area (Å²) in [6.45, 7) is 1.44. The van der Waals surface area contributed by atoms with Gasteiger partial charge in [-0.2, -0.15) is 4.98 Å². The lowest BCUT2D eigenvalue weighted by atomic mass is 10.1. The molecular formula is C10H12N6O. The Hall–Kier alpha value is -2.44. The van der Waals surface area contributed by atoms with E-state index in [1.807, 2.05) is 0 Å². The first-order chi connectivity index (χ1) is 8.09. The smallest absolute Gasteiger partial charge is 0.241 e. The maximum Gasteiger partial charge on any atom is 0.241 e. The topological polar surface area (TPSA) is 113 Å². The molecule has 1 atom stereocenters. The summed E-state index contributed by atoms with van der Waals surface area (Å²) in [6.07, 6.45) is 1.60. The van der Waals surface area contributed by atoms with Crippen molar-refractivity contribution < 1.29 is 4.79 Å². The molecule has 0 bridgehead atoms. The van der Waals surface area contributed by atoms with Gasteiger partial charge in [0.25, 0.3) is 0 Å². The van der Waals surface area contributed by atoms with Gasteiger partial charge in [-0.3, -0.25) is 9.78 Å². The molecule has 2 rings (SSSR count). The molecule has 0 aliphatic heterocycles. The van der Waals surface area contributed by atoms with Crippen LogP contribution >= 0.6 is 0 Å². The average Bonchev–Trinajstić information content (AvgIpc) is 2.59. The van der Waals surface area contributed by atoms with Crippen LogP contribution in [0.15, 0.2) is 24.4 Å². The first-order valence-corrected chi connectivity index (χ1v) is 4.98. The Morgan fingerprint density at radius 3 is 2.65 bits per heavy atom. The van der Waals surface area contributed by atoms with Gasteiger partial charge in [-0.15, -0.1) is 5.10 Å². The Balaban J connectivity index is 2.50. The van der Waals surface area contributed by atoms with E-state index in [4.69, 9.17) is 11.5 Å². The van der Waals surface area contributed by atoms with Crippen molar-refractivity contribution in [3.63, 3.8) is 0 Å². The van der Waals surface area contributed by atoms with Crippen LogP contribution in [0.4, 0.5) is 11.9 Å². The van der Waals surface area contributed by atoms with Crippen molar-refractivity contribution in [2.24, 2.45) is 0 Å². The van der Waals surface area contributed by atoms with Crippen LogP contribution in [0, 0.1) is 0 Å². The quantitative estimate of drug-likeness (QED) is 0.771. The summed E-state index contributed by atoms with van der Waals surface area (Å²) in [5.41, 5.74) is 11.6. The normalized spacial score (nSPS) is 12.3. The Morgan fingerprint density at radius 1 is 1.41 bits per heavy atom. The number of carbonyl (C=O) groups excluding carboxylic acids is 1. The van der Waals surface area contributed by atoms with Gasteiger partial charge in [0, 0.05) is 6.20 Å². The lowest BCUT2D eigenvalue weighted by molar-refractivity contribution is -0.119. The molecule has 0 saturated heterocycles. The third-order valence-electron chi connectivity index (χ3n) is 2.27. The van der Waals surface area contributed by atoms with E-state index < -0.39 is 6.04 Å². The fraction of sp³-hybridized carbons (Fsp3) is 0.200. The van der Waals surface area contributed by atoms with E-state index in [0.29, 0.717) is 5.69 Å². The Morgan fingerprint density at radius 2 is 2.18 bits per heavy atom. The molecule has 17 heavy (non-hydrogen) atoms. The van der Waals surface area contributed by atoms with E-state index in [1.54, 1.807) is 24.4 Å². The predicted octanol–water partition coefficient (Wildman–Crippen LogP) is 0.0159. The van der Waals surface area contributed by atoms with Gasteiger partial charge in [-0.05, 0) is 19.1 Å². The monoisotopic (exact) mass is 232 g/mol. The summed E-state index contributed by atoms with van der Waals surface area (Å²) >= 11 is 0. The molecule has 0 spiro atoms. The van der Waals surface area contributed by atoms with Crippen LogP contribution in [-0.4, -0.2) is 25.5 Å². The number of nitrogens with two attached hydrogens (primary N) is 2. The largest absolute Gasteiger partial charge is 0.368 e. The third-order valence-corrected chi connectivity index (χ3v) is 2.27. The molecule has 0 aliphatic carbocycles. The van der Waals surface area contributed by atoms with E-state index in [9.17, 15) is 4.79 Å². The number of aromatic nitrogens is 4. The number of rotatable bonds is 3. The van der Waals surface area contributed by atoms with Gasteiger partial charge in [0.1, 0.15) is 0 Å². The van der Waals surface area contributed by atoms with Crippen LogP contribution in [0.1, 0.15) is 18.7 Å². The molecule has 2 aromatic heterocycles. The summed E-state index contributed by atoms with van der Waals surface area (Å²) in [5.74, 6) is -0.0154. The van der Waals surface area contributed by atoms with E-state index in [2.05, 4.69) is 15.1 Å². The zero-order chi connectivity index (χ0) is 12.4. The molecular weight excluding hydrogens is 220 g/mol. The van der Waals surface area contributed by atoms with Gasteiger partial charge in [-0.1, -0.05) is 6.07 Å². The zero-order valence-electron chi connectivity index (χ0n) is 9.24. The molecule has 1 unspecified atom stereocenters. The molecule has 2 aromatic rings. The minimum absolute atomic E-state index is 0.0321. The van der Waals surface area contributed by atoms with Crippen LogP contribution in [0.2, 0.25) is 0 Å². The number of anilines is 2. The second-order valence-corrected chi connectivity index (χ2v) is 3.54. The number of carbonyl (C=O) groups is 1. The summed E-state index contributed by atoms with van der Waals surface area (Å²) in [5, 5.41) is 3.91. The van der Waals surface area contributed by atoms with Crippen LogP contribution in [0.25, 0.3) is 0 Å². The maximum atomic E-state index is 11.7. The van der Waals surface area contributed by atoms with Crippen molar-refractivity contribution in [1.29, 1.82) is 0 Å². The van der Waals surface area contributed by atoms with Crippen molar-refractivity contribution in [3.05, 3.63) is 30.1 Å². The Bertz CT molecular complexity index is 535. The molecule has 4 N–H and O–H groups in total. The highest BCUT2D eigenvalue weighted by atomic mass is 16.1. The summed E-state index contributed by atoms with van der Waals surface area (Å²) in [7, 11) is 0. The lowest BCUT2D eigenvalue weighted by Crippen LogP contribution is -2.22. The maximum absolute atomic E-state index is 11.7. The van der Waals surface area contributed by atoms with Crippen LogP contribution in [-0.2, 0) is 4.79 Å². The second-order valence-electron chi connectivity index (χ2n) is 3.54. The number of pyridine rings is 1. The van der Waals surface area contributed by atoms with E-state index in [0.717, 1.165) is 0 Å². The molecule has 0 amide bonds. The molecule has 7 heteroatoms. The molecule has 0 saturated carbocycles. The van der Waals surface area contributed by atoms with Crippen molar-refractivity contribution in [3.8, 4) is 0 Å². The average molecular weight is 232 g/mol. The fourth-order valence-electron chi connectivity index (χ4n) is 1.59. The van der Waals surface area contributed by atoms with E-state index >= 15 is 0 Å². The minimum Gasteiger partial charge on any atom is -0.368 e. The van der Waals surface area contributed by atoms with Crippen molar-refractivity contribution in [2.75, 3.05) is 11.5 Å². The summed E-state index contributed by atoms with van der Waals surface area (Å²) in [6, 6.07) is 4.58. The number of hydrogen-bond acceptors (Lipinski definition) is 6. The van der Waals surface area contributed by atoms with Crippen molar-refractivity contribution >= 4 is 17.7 Å². The molecule has 88 valence electrons. The standard InChI is InChI=1S/C10H12N6O/c1-6(17)8(7-4-2-3-5-13-7)16-10(12)14-9(11)15-16/h2-5,8H,1H3,(H4,11,12,14,15). The predicted molar refractivity (Wildman–Crippen MR) is 61.9 cm³/mol. The SMILES string of the molecule is CC(=O)C(c1ccccn1)n1nc(N)nc1N. The lowest BCUT2D eigenvalue weighted by Gasteiger charge is -2.13. The molecule has 0 aliphatic rings. The van der Waals surface area contributed by atoms with Crippen LogP contribution in [0.3, 0.4) is 0 Å². The highest BCUT2D eigenvalue weighted by Crippen LogP contribution is 2.19. The third kappa shape index (κ3) is 2.07. The number of ketones is 1. The molecule has 0 aromatic carbocycles. The fourth-order valence-corrected chi connectivity index (χ4v) is 1.59. The molecule has 2 heterocycles. The Labute approximate surface area is 97.5 Å². The minimum atomic E-state index is -0.694. The zero-order valence-corrected chi connectivity index (χ0v) is 9.24. The van der Waals surface area contributed by atoms with Gasteiger partial charge < -0.3 is 11.5 Å². The first-order valence-electron chi connectivity index (χ1n) is 4.98. The number of hydrogen-bond donors (Lipinski definition) is 2. The highest BCUT2D eigenvalue weighted by Gasteiger charge is 2.23. The van der Waals surface area contributed by atoms with Gasteiger partial charge in [-0.25, -0.2) is 4.68 Å². The second kappa shape index (κ2) is 4.20. The van der Waals surface area contributed by atoms with E-state index in [1.165, 1.54) is 11.6 Å². The Kier molecular flexibility index (Phi) is 2.73.